The van der Waals surface area contributed by atoms with Crippen molar-refractivity contribution in [3.05, 3.63) is 47.8 Å². The normalized spacial score (nSPS) is 13.6. The van der Waals surface area contributed by atoms with Crippen molar-refractivity contribution >= 4 is 5.91 Å². The molecule has 0 aliphatic rings. The summed E-state index contributed by atoms with van der Waals surface area (Å²) in [6.07, 6.45) is 4.13. The van der Waals surface area contributed by atoms with Crippen LogP contribution in [0.15, 0.2) is 36.7 Å². The van der Waals surface area contributed by atoms with Crippen LogP contribution in [0.3, 0.4) is 0 Å². The monoisotopic (exact) mass is 317 g/mol. The number of ether oxygens (including phenoxy) is 1. The summed E-state index contributed by atoms with van der Waals surface area (Å²) in [7, 11) is 1.57. The van der Waals surface area contributed by atoms with Gasteiger partial charge in [0.25, 0.3) is 5.91 Å². The summed E-state index contributed by atoms with van der Waals surface area (Å²) in [5.41, 5.74) is 1.92. The van der Waals surface area contributed by atoms with Crippen molar-refractivity contribution in [2.75, 3.05) is 20.3 Å². The second-order valence-corrected chi connectivity index (χ2v) is 5.93. The number of methoxy groups -OCH3 is 1. The molecule has 1 heterocycles. The van der Waals surface area contributed by atoms with Crippen molar-refractivity contribution in [3.8, 4) is 5.69 Å². The molecule has 23 heavy (non-hydrogen) atoms. The van der Waals surface area contributed by atoms with Crippen LogP contribution < -0.4 is 5.32 Å². The van der Waals surface area contributed by atoms with Crippen LogP contribution in [-0.4, -0.2) is 46.7 Å². The van der Waals surface area contributed by atoms with Gasteiger partial charge in [-0.2, -0.15) is 5.10 Å². The molecule has 0 bridgehead atoms. The molecule has 0 aliphatic heterocycles. The predicted octanol–water partition coefficient (Wildman–Crippen LogP) is 1.70. The molecule has 1 atom stereocenters. The minimum absolute atomic E-state index is 0.0161. The maximum absolute atomic E-state index is 12.4. The van der Waals surface area contributed by atoms with E-state index in [4.69, 9.17) is 9.84 Å². The Balaban J connectivity index is 2.10. The van der Waals surface area contributed by atoms with Gasteiger partial charge in [-0.1, -0.05) is 0 Å². The lowest BCUT2D eigenvalue weighted by molar-refractivity contribution is 0.0725. The standard InChI is InChI=1S/C17H23N3O3/c1-13-10-18-20(11-13)15-6-4-14(5-7-15)16(22)19-17(2,8-9-21)12-23-3/h4-7,10-11,21H,8-9,12H2,1-3H3,(H,19,22). The number of aliphatic hydroxyl groups excluding tert-OH is 1. The Hall–Kier alpha value is -2.18. The van der Waals surface area contributed by atoms with Crippen LogP contribution >= 0.6 is 0 Å². The molecule has 2 aromatic rings. The number of hydrogen-bond donors (Lipinski definition) is 2. The zero-order chi connectivity index (χ0) is 16.9. The van der Waals surface area contributed by atoms with Crippen LogP contribution in [0.1, 0.15) is 29.3 Å². The summed E-state index contributed by atoms with van der Waals surface area (Å²) < 4.78 is 6.90. The fourth-order valence-electron chi connectivity index (χ4n) is 2.40. The number of aromatic nitrogens is 2. The predicted molar refractivity (Wildman–Crippen MR) is 87.8 cm³/mol. The number of rotatable bonds is 7. The Bertz CT molecular complexity index is 643. The molecule has 0 aliphatic carbocycles. The van der Waals surface area contributed by atoms with E-state index in [-0.39, 0.29) is 12.5 Å². The lowest BCUT2D eigenvalue weighted by Gasteiger charge is -2.29. The average Bonchev–Trinajstić information content (AvgIpc) is 2.94. The van der Waals surface area contributed by atoms with E-state index in [1.807, 2.05) is 32.2 Å². The highest BCUT2D eigenvalue weighted by Crippen LogP contribution is 2.14. The third-order valence-corrected chi connectivity index (χ3v) is 3.65. The van der Waals surface area contributed by atoms with Crippen molar-refractivity contribution < 1.29 is 14.6 Å². The van der Waals surface area contributed by atoms with Gasteiger partial charge in [-0.15, -0.1) is 0 Å². The molecule has 0 spiro atoms. The maximum Gasteiger partial charge on any atom is 0.251 e. The zero-order valence-corrected chi connectivity index (χ0v) is 13.7. The Labute approximate surface area is 136 Å². The molecule has 1 amide bonds. The average molecular weight is 317 g/mol. The van der Waals surface area contributed by atoms with Crippen molar-refractivity contribution in [3.63, 3.8) is 0 Å². The molecule has 1 aromatic heterocycles. The lowest BCUT2D eigenvalue weighted by atomic mass is 9.98. The van der Waals surface area contributed by atoms with Crippen molar-refractivity contribution in [2.45, 2.75) is 25.8 Å². The number of hydrogen-bond acceptors (Lipinski definition) is 4. The summed E-state index contributed by atoms with van der Waals surface area (Å²) in [6, 6.07) is 7.21. The molecular formula is C17H23N3O3. The number of aliphatic hydroxyl groups is 1. The number of benzene rings is 1. The third-order valence-electron chi connectivity index (χ3n) is 3.65. The highest BCUT2D eigenvalue weighted by Gasteiger charge is 2.26. The molecule has 0 saturated heterocycles. The van der Waals surface area contributed by atoms with Gasteiger partial charge >= 0.3 is 0 Å². The number of nitrogens with one attached hydrogen (secondary N) is 1. The molecular weight excluding hydrogens is 294 g/mol. The summed E-state index contributed by atoms with van der Waals surface area (Å²) >= 11 is 0. The minimum atomic E-state index is -0.599. The van der Waals surface area contributed by atoms with Crippen LogP contribution in [0.5, 0.6) is 0 Å². The van der Waals surface area contributed by atoms with E-state index in [0.29, 0.717) is 18.6 Å². The Morgan fingerprint density at radius 1 is 1.39 bits per heavy atom. The van der Waals surface area contributed by atoms with Gasteiger partial charge in [0.15, 0.2) is 0 Å². The first-order chi connectivity index (χ1) is 11.0. The van der Waals surface area contributed by atoms with Crippen molar-refractivity contribution in [2.24, 2.45) is 0 Å². The highest BCUT2D eigenvalue weighted by atomic mass is 16.5. The highest BCUT2D eigenvalue weighted by molar-refractivity contribution is 5.94. The van der Waals surface area contributed by atoms with Gasteiger partial charge in [0.1, 0.15) is 0 Å². The Morgan fingerprint density at radius 3 is 2.61 bits per heavy atom. The van der Waals surface area contributed by atoms with Gasteiger partial charge in [0.05, 0.1) is 24.0 Å². The van der Waals surface area contributed by atoms with E-state index in [9.17, 15) is 4.79 Å². The zero-order valence-electron chi connectivity index (χ0n) is 13.7. The molecule has 0 fully saturated rings. The fourth-order valence-corrected chi connectivity index (χ4v) is 2.40. The van der Waals surface area contributed by atoms with Gasteiger partial charge in [-0.3, -0.25) is 4.79 Å². The number of nitrogens with zero attached hydrogens (tertiary/aromatic N) is 2. The van der Waals surface area contributed by atoms with Gasteiger partial charge in [-0.05, 0) is 50.1 Å². The topological polar surface area (TPSA) is 76.4 Å². The molecule has 2 rings (SSSR count). The van der Waals surface area contributed by atoms with Gasteiger partial charge < -0.3 is 15.2 Å². The number of aryl methyl sites for hydroxylation is 1. The van der Waals surface area contributed by atoms with Crippen LogP contribution in [0.4, 0.5) is 0 Å². The molecule has 6 nitrogen and oxygen atoms in total. The quantitative estimate of drug-likeness (QED) is 0.815. The van der Waals surface area contributed by atoms with E-state index in [2.05, 4.69) is 10.4 Å². The van der Waals surface area contributed by atoms with Crippen molar-refractivity contribution in [1.82, 2.24) is 15.1 Å². The summed E-state index contributed by atoms with van der Waals surface area (Å²) in [4.78, 5) is 12.4. The molecule has 1 unspecified atom stereocenters. The van der Waals surface area contributed by atoms with E-state index < -0.39 is 5.54 Å². The summed E-state index contributed by atoms with van der Waals surface area (Å²) in [5.74, 6) is -0.193. The number of carbonyl (C=O) groups excluding carboxylic acids is 1. The summed E-state index contributed by atoms with van der Waals surface area (Å²) in [6.45, 7) is 4.15. The Morgan fingerprint density at radius 2 is 2.09 bits per heavy atom. The smallest absolute Gasteiger partial charge is 0.251 e. The van der Waals surface area contributed by atoms with Gasteiger partial charge in [-0.25, -0.2) is 4.68 Å². The van der Waals surface area contributed by atoms with E-state index in [0.717, 1.165) is 11.3 Å². The first-order valence-corrected chi connectivity index (χ1v) is 7.51. The largest absolute Gasteiger partial charge is 0.396 e. The minimum Gasteiger partial charge on any atom is -0.396 e. The van der Waals surface area contributed by atoms with Crippen LogP contribution in [0.25, 0.3) is 5.69 Å². The van der Waals surface area contributed by atoms with E-state index in [1.165, 1.54) is 0 Å². The fraction of sp³-hybridized carbons (Fsp3) is 0.412. The third kappa shape index (κ3) is 4.40. The van der Waals surface area contributed by atoms with Crippen LogP contribution in [0.2, 0.25) is 0 Å². The van der Waals surface area contributed by atoms with Gasteiger partial charge in [0.2, 0.25) is 0 Å². The first-order valence-electron chi connectivity index (χ1n) is 7.51. The molecule has 1 aromatic carbocycles. The first kappa shape index (κ1) is 17.2. The Kier molecular flexibility index (Phi) is 5.52. The molecule has 124 valence electrons. The lowest BCUT2D eigenvalue weighted by Crippen LogP contribution is -2.50. The second kappa shape index (κ2) is 7.39. The second-order valence-electron chi connectivity index (χ2n) is 5.93. The molecule has 6 heteroatoms. The van der Waals surface area contributed by atoms with E-state index >= 15 is 0 Å². The van der Waals surface area contributed by atoms with E-state index in [1.54, 1.807) is 30.1 Å². The summed E-state index contributed by atoms with van der Waals surface area (Å²) in [5, 5.41) is 16.3. The SMILES string of the molecule is COCC(C)(CCO)NC(=O)c1ccc(-n2cc(C)cn2)cc1. The van der Waals surface area contributed by atoms with Crippen molar-refractivity contribution in [1.29, 1.82) is 0 Å². The molecule has 2 N–H and O–H groups in total. The molecule has 0 radical (unpaired) electrons. The van der Waals surface area contributed by atoms with Crippen LogP contribution in [-0.2, 0) is 4.74 Å². The maximum atomic E-state index is 12.4. The molecule has 0 saturated carbocycles. The van der Waals surface area contributed by atoms with Crippen LogP contribution in [0, 0.1) is 6.92 Å². The van der Waals surface area contributed by atoms with Gasteiger partial charge in [0, 0.05) is 25.5 Å². The number of amides is 1. The number of carbonyl (C=O) groups is 1.